The van der Waals surface area contributed by atoms with Crippen LogP contribution < -0.4 is 16.4 Å². The number of aromatic amines is 2. The van der Waals surface area contributed by atoms with Gasteiger partial charge in [0.2, 0.25) is 0 Å². The lowest BCUT2D eigenvalue weighted by Gasteiger charge is -2.22. The third kappa shape index (κ3) is 3.61. The maximum atomic E-state index is 11.4. The van der Waals surface area contributed by atoms with Crippen molar-refractivity contribution in [1.29, 1.82) is 0 Å². The SMILES string of the molecule is CCNC(CC(C)CC)c1ccc2[nH]c(=O)c(=O)[nH]c2c1. The minimum absolute atomic E-state index is 0.254. The molecule has 3 N–H and O–H groups in total. The van der Waals surface area contributed by atoms with Gasteiger partial charge in [-0.3, -0.25) is 9.59 Å². The molecule has 2 atom stereocenters. The highest BCUT2D eigenvalue weighted by molar-refractivity contribution is 5.74. The van der Waals surface area contributed by atoms with Crippen molar-refractivity contribution in [3.63, 3.8) is 0 Å². The molecule has 2 rings (SSSR count). The number of hydrogen-bond donors (Lipinski definition) is 3. The van der Waals surface area contributed by atoms with Crippen LogP contribution in [0.3, 0.4) is 0 Å². The topological polar surface area (TPSA) is 77.8 Å². The van der Waals surface area contributed by atoms with E-state index in [1.165, 1.54) is 0 Å². The summed E-state index contributed by atoms with van der Waals surface area (Å²) >= 11 is 0. The van der Waals surface area contributed by atoms with Crippen molar-refractivity contribution in [3.8, 4) is 0 Å². The van der Waals surface area contributed by atoms with Gasteiger partial charge in [0.15, 0.2) is 0 Å². The molecule has 2 unspecified atom stereocenters. The Morgan fingerprint density at radius 3 is 2.38 bits per heavy atom. The predicted molar refractivity (Wildman–Crippen MR) is 85.7 cm³/mol. The van der Waals surface area contributed by atoms with Gasteiger partial charge in [0.1, 0.15) is 0 Å². The summed E-state index contributed by atoms with van der Waals surface area (Å²) in [4.78, 5) is 28.0. The summed E-state index contributed by atoms with van der Waals surface area (Å²) in [5.74, 6) is 0.624. The first-order chi connectivity index (χ1) is 10.0. The van der Waals surface area contributed by atoms with Crippen LogP contribution in [-0.4, -0.2) is 16.5 Å². The van der Waals surface area contributed by atoms with Gasteiger partial charge in [-0.25, -0.2) is 0 Å². The van der Waals surface area contributed by atoms with Gasteiger partial charge in [-0.2, -0.15) is 0 Å². The van der Waals surface area contributed by atoms with Crippen molar-refractivity contribution in [2.45, 2.75) is 39.7 Å². The second kappa shape index (κ2) is 6.72. The second-order valence-electron chi connectivity index (χ2n) is 5.57. The van der Waals surface area contributed by atoms with Crippen LogP contribution in [0.1, 0.15) is 45.2 Å². The Labute approximate surface area is 123 Å². The van der Waals surface area contributed by atoms with E-state index in [0.29, 0.717) is 17.0 Å². The second-order valence-corrected chi connectivity index (χ2v) is 5.57. The molecule has 0 radical (unpaired) electrons. The largest absolute Gasteiger partial charge is 0.316 e. The third-order valence-corrected chi connectivity index (χ3v) is 3.93. The molecule has 0 aliphatic rings. The van der Waals surface area contributed by atoms with Gasteiger partial charge in [0.25, 0.3) is 0 Å². The fourth-order valence-electron chi connectivity index (χ4n) is 2.50. The molecule has 1 aromatic carbocycles. The molecule has 1 aromatic heterocycles. The standard InChI is InChI=1S/C16H23N3O2/c1-4-10(3)8-13(17-5-2)11-6-7-12-14(9-11)19-16(21)15(20)18-12/h6-7,9-10,13,17H,4-5,8H2,1-3H3,(H,18,20)(H,19,21). The Hall–Kier alpha value is -1.88. The minimum Gasteiger partial charge on any atom is -0.316 e. The molecule has 21 heavy (non-hydrogen) atoms. The monoisotopic (exact) mass is 289 g/mol. The van der Waals surface area contributed by atoms with Gasteiger partial charge in [-0.1, -0.05) is 33.3 Å². The van der Waals surface area contributed by atoms with Crippen LogP contribution in [0.4, 0.5) is 0 Å². The molecule has 0 saturated heterocycles. The summed E-state index contributed by atoms with van der Waals surface area (Å²) < 4.78 is 0. The fraction of sp³-hybridized carbons (Fsp3) is 0.500. The number of nitrogens with one attached hydrogen (secondary N) is 3. The smallest absolute Gasteiger partial charge is 0.314 e. The van der Waals surface area contributed by atoms with Crippen molar-refractivity contribution in [3.05, 3.63) is 44.5 Å². The molecule has 5 nitrogen and oxygen atoms in total. The predicted octanol–water partition coefficient (Wildman–Crippen LogP) is 2.30. The Morgan fingerprint density at radius 1 is 1.10 bits per heavy atom. The van der Waals surface area contributed by atoms with Crippen molar-refractivity contribution >= 4 is 11.0 Å². The molecule has 0 saturated carbocycles. The average molecular weight is 289 g/mol. The van der Waals surface area contributed by atoms with Crippen molar-refractivity contribution in [2.75, 3.05) is 6.54 Å². The molecule has 2 aromatic rings. The first-order valence-electron chi connectivity index (χ1n) is 7.54. The van der Waals surface area contributed by atoms with E-state index in [4.69, 9.17) is 0 Å². The van der Waals surface area contributed by atoms with Crippen LogP contribution in [0.2, 0.25) is 0 Å². The molecule has 0 bridgehead atoms. The van der Waals surface area contributed by atoms with Crippen LogP contribution in [0, 0.1) is 5.92 Å². The zero-order valence-electron chi connectivity index (χ0n) is 12.8. The Bertz CT molecular complexity index is 717. The molecule has 0 fully saturated rings. The minimum atomic E-state index is -0.613. The molecule has 0 aliphatic heterocycles. The number of aromatic nitrogens is 2. The van der Waals surface area contributed by atoms with Crippen LogP contribution >= 0.6 is 0 Å². The highest BCUT2D eigenvalue weighted by Crippen LogP contribution is 2.24. The molecule has 0 spiro atoms. The summed E-state index contributed by atoms with van der Waals surface area (Å²) in [6.07, 6.45) is 2.18. The maximum Gasteiger partial charge on any atom is 0.314 e. The van der Waals surface area contributed by atoms with Gasteiger partial charge in [0, 0.05) is 6.04 Å². The maximum absolute atomic E-state index is 11.4. The summed E-state index contributed by atoms with van der Waals surface area (Å²) in [5, 5.41) is 3.49. The summed E-state index contributed by atoms with van der Waals surface area (Å²) in [6, 6.07) is 6.06. The van der Waals surface area contributed by atoms with Crippen LogP contribution in [-0.2, 0) is 0 Å². The normalized spacial score (nSPS) is 14.2. The Kier molecular flexibility index (Phi) is 4.96. The Morgan fingerprint density at radius 2 is 1.76 bits per heavy atom. The number of fused-ring (bicyclic) bond motifs is 1. The first-order valence-corrected chi connectivity index (χ1v) is 7.54. The molecule has 0 aliphatic carbocycles. The summed E-state index contributed by atoms with van der Waals surface area (Å²) in [6.45, 7) is 7.41. The van der Waals surface area contributed by atoms with Crippen LogP contribution in [0.25, 0.3) is 11.0 Å². The van der Waals surface area contributed by atoms with E-state index >= 15 is 0 Å². The van der Waals surface area contributed by atoms with E-state index in [0.717, 1.165) is 24.9 Å². The fourth-order valence-corrected chi connectivity index (χ4v) is 2.50. The van der Waals surface area contributed by atoms with E-state index in [9.17, 15) is 9.59 Å². The number of rotatable bonds is 6. The van der Waals surface area contributed by atoms with Crippen LogP contribution in [0.5, 0.6) is 0 Å². The van der Waals surface area contributed by atoms with Gasteiger partial charge >= 0.3 is 11.1 Å². The zero-order valence-corrected chi connectivity index (χ0v) is 12.8. The third-order valence-electron chi connectivity index (χ3n) is 3.93. The van der Waals surface area contributed by atoms with Gasteiger partial charge in [-0.05, 0) is 36.6 Å². The van der Waals surface area contributed by atoms with Crippen molar-refractivity contribution in [1.82, 2.24) is 15.3 Å². The van der Waals surface area contributed by atoms with E-state index < -0.39 is 11.1 Å². The van der Waals surface area contributed by atoms with Crippen molar-refractivity contribution in [2.24, 2.45) is 5.92 Å². The van der Waals surface area contributed by atoms with Gasteiger partial charge < -0.3 is 15.3 Å². The summed E-state index contributed by atoms with van der Waals surface area (Å²) in [7, 11) is 0. The van der Waals surface area contributed by atoms with Gasteiger partial charge in [0.05, 0.1) is 11.0 Å². The highest BCUT2D eigenvalue weighted by Gasteiger charge is 2.14. The zero-order chi connectivity index (χ0) is 15.4. The van der Waals surface area contributed by atoms with Crippen molar-refractivity contribution < 1.29 is 0 Å². The van der Waals surface area contributed by atoms with E-state index in [-0.39, 0.29) is 6.04 Å². The molecule has 5 heteroatoms. The van der Waals surface area contributed by atoms with E-state index in [2.05, 4.69) is 36.1 Å². The first kappa shape index (κ1) is 15.5. The number of H-pyrrole nitrogens is 2. The molecule has 0 amide bonds. The lowest BCUT2D eigenvalue weighted by atomic mass is 9.94. The van der Waals surface area contributed by atoms with E-state index in [1.54, 1.807) is 0 Å². The number of benzene rings is 1. The summed E-state index contributed by atoms with van der Waals surface area (Å²) in [5.41, 5.74) is 1.23. The average Bonchev–Trinajstić information content (AvgIpc) is 2.47. The number of hydrogen-bond acceptors (Lipinski definition) is 3. The molecule has 114 valence electrons. The van der Waals surface area contributed by atoms with E-state index in [1.807, 2.05) is 18.2 Å². The lowest BCUT2D eigenvalue weighted by Crippen LogP contribution is -2.29. The van der Waals surface area contributed by atoms with Gasteiger partial charge in [-0.15, -0.1) is 0 Å². The quantitative estimate of drug-likeness (QED) is 0.714. The van der Waals surface area contributed by atoms with Crippen LogP contribution in [0.15, 0.2) is 27.8 Å². The highest BCUT2D eigenvalue weighted by atomic mass is 16.2. The molecular formula is C16H23N3O2. The Balaban J connectivity index is 2.41. The molecule has 1 heterocycles. The molecular weight excluding hydrogens is 266 g/mol. The lowest BCUT2D eigenvalue weighted by molar-refractivity contribution is 0.408.